The predicted molar refractivity (Wildman–Crippen MR) is 101 cm³/mol. The molecule has 28 heavy (non-hydrogen) atoms. The topological polar surface area (TPSA) is 99.2 Å². The maximum atomic E-state index is 15.5. The Bertz CT molecular complexity index is 642. The Hall–Kier alpha value is -1.84. The molecule has 2 amide bonds. The second kappa shape index (κ2) is 7.88. The van der Waals surface area contributed by atoms with Crippen molar-refractivity contribution in [3.8, 4) is 0 Å². The third-order valence-corrected chi connectivity index (χ3v) is 4.72. The van der Waals surface area contributed by atoms with Gasteiger partial charge >= 0.3 is 18.2 Å². The molecule has 0 spiro atoms. The van der Waals surface area contributed by atoms with Gasteiger partial charge in [0.15, 0.2) is 16.3 Å². The molecule has 0 N–H and O–H groups in total. The molecule has 0 unspecified atom stereocenters. The standard InChI is InChI=1S/C18H28FNO7S/c1-11(21)28-10-17(19)9-18(17,12(22)25-8)20(13(23)26-15(2,3)4)14(24)27-16(5,6)7/h9-10H2,1-8H3/t17-,18-/m1/s1. The van der Waals surface area contributed by atoms with Gasteiger partial charge in [0.2, 0.25) is 0 Å². The molecule has 1 aliphatic carbocycles. The van der Waals surface area contributed by atoms with Crippen LogP contribution in [0, 0.1) is 0 Å². The molecule has 0 radical (unpaired) electrons. The van der Waals surface area contributed by atoms with Crippen LogP contribution in [-0.4, -0.2) is 63.4 Å². The average Bonchev–Trinajstić information content (AvgIpc) is 3.07. The number of nitrogens with zero attached hydrogens (tertiary/aromatic N) is 1. The molecular weight excluding hydrogens is 393 g/mol. The highest BCUT2D eigenvalue weighted by Gasteiger charge is 2.81. The van der Waals surface area contributed by atoms with Crippen LogP contribution in [0.15, 0.2) is 0 Å². The first-order valence-electron chi connectivity index (χ1n) is 8.66. The predicted octanol–water partition coefficient (Wildman–Crippen LogP) is 3.46. The SMILES string of the molecule is COC(=O)[C@]1(N(C(=O)OC(C)(C)C)C(=O)OC(C)(C)C)C[C@@]1(F)CSC(C)=O. The molecule has 1 fully saturated rings. The first kappa shape index (κ1) is 24.2. The third kappa shape index (κ3) is 5.36. The molecule has 0 aliphatic heterocycles. The van der Waals surface area contributed by atoms with E-state index in [2.05, 4.69) is 0 Å². The smallest absolute Gasteiger partial charge is 0.420 e. The molecule has 160 valence electrons. The van der Waals surface area contributed by atoms with Gasteiger partial charge in [0.1, 0.15) is 11.2 Å². The Kier molecular flexibility index (Phi) is 6.81. The van der Waals surface area contributed by atoms with Crippen molar-refractivity contribution < 1.29 is 37.8 Å². The first-order chi connectivity index (χ1) is 12.5. The van der Waals surface area contributed by atoms with Gasteiger partial charge < -0.3 is 14.2 Å². The van der Waals surface area contributed by atoms with Crippen LogP contribution in [0.1, 0.15) is 54.9 Å². The molecule has 0 bridgehead atoms. The van der Waals surface area contributed by atoms with Crippen molar-refractivity contribution in [2.24, 2.45) is 0 Å². The van der Waals surface area contributed by atoms with Gasteiger partial charge in [0, 0.05) is 19.1 Å². The minimum Gasteiger partial charge on any atom is -0.467 e. The van der Waals surface area contributed by atoms with E-state index in [4.69, 9.17) is 14.2 Å². The molecule has 0 aromatic carbocycles. The van der Waals surface area contributed by atoms with Crippen LogP contribution in [0.2, 0.25) is 0 Å². The largest absolute Gasteiger partial charge is 0.467 e. The Morgan fingerprint density at radius 1 is 1.00 bits per heavy atom. The van der Waals surface area contributed by atoms with Crippen LogP contribution < -0.4 is 0 Å². The van der Waals surface area contributed by atoms with Crippen molar-refractivity contribution in [2.75, 3.05) is 12.9 Å². The minimum absolute atomic E-state index is 0.343. The van der Waals surface area contributed by atoms with E-state index >= 15 is 4.39 Å². The average molecular weight is 421 g/mol. The fraction of sp³-hybridized carbons (Fsp3) is 0.778. The maximum Gasteiger partial charge on any atom is 0.420 e. The van der Waals surface area contributed by atoms with Crippen molar-refractivity contribution >= 4 is 35.0 Å². The molecular formula is C18H28FNO7S. The van der Waals surface area contributed by atoms with Crippen molar-refractivity contribution in [1.29, 1.82) is 0 Å². The summed E-state index contributed by atoms with van der Waals surface area (Å²) in [4.78, 5) is 49.7. The zero-order valence-electron chi connectivity index (χ0n) is 17.5. The molecule has 0 heterocycles. The van der Waals surface area contributed by atoms with E-state index in [-0.39, 0.29) is 5.12 Å². The summed E-state index contributed by atoms with van der Waals surface area (Å²) in [5.41, 5.74) is -6.66. The van der Waals surface area contributed by atoms with Crippen LogP contribution in [0.25, 0.3) is 0 Å². The van der Waals surface area contributed by atoms with E-state index in [1.165, 1.54) is 6.92 Å². The second-order valence-electron chi connectivity index (χ2n) is 8.57. The Morgan fingerprint density at radius 2 is 1.43 bits per heavy atom. The molecule has 1 rings (SSSR count). The number of carbonyl (C=O) groups is 4. The number of carbonyl (C=O) groups excluding carboxylic acids is 4. The van der Waals surface area contributed by atoms with Crippen LogP contribution in [-0.2, 0) is 23.8 Å². The second-order valence-corrected chi connectivity index (χ2v) is 9.72. The van der Waals surface area contributed by atoms with E-state index in [0.717, 1.165) is 7.11 Å². The Labute approximate surface area is 168 Å². The number of ether oxygens (including phenoxy) is 3. The highest BCUT2D eigenvalue weighted by atomic mass is 32.2. The van der Waals surface area contributed by atoms with Gasteiger partial charge in [0.05, 0.1) is 7.11 Å². The summed E-state index contributed by atoms with van der Waals surface area (Å²) >= 11 is 0.645. The summed E-state index contributed by atoms with van der Waals surface area (Å²) in [6, 6.07) is 0. The lowest BCUT2D eigenvalue weighted by molar-refractivity contribution is -0.150. The minimum atomic E-state index is -2.36. The van der Waals surface area contributed by atoms with Gasteiger partial charge in [-0.25, -0.2) is 18.8 Å². The number of methoxy groups -OCH3 is 1. The molecule has 0 aromatic heterocycles. The monoisotopic (exact) mass is 421 g/mol. The number of hydrogen-bond donors (Lipinski definition) is 0. The Balaban J connectivity index is 3.41. The third-order valence-electron chi connectivity index (χ3n) is 3.71. The maximum absolute atomic E-state index is 15.5. The van der Waals surface area contributed by atoms with Gasteiger partial charge in [-0.2, -0.15) is 4.90 Å². The van der Waals surface area contributed by atoms with Crippen LogP contribution in [0.5, 0.6) is 0 Å². The highest BCUT2D eigenvalue weighted by molar-refractivity contribution is 8.13. The summed E-state index contributed by atoms with van der Waals surface area (Å²) in [7, 11) is 1.02. The molecule has 8 nitrogen and oxygen atoms in total. The quantitative estimate of drug-likeness (QED) is 0.503. The molecule has 2 atom stereocenters. The number of amides is 2. The molecule has 0 aromatic rings. The van der Waals surface area contributed by atoms with Gasteiger partial charge in [-0.3, -0.25) is 4.79 Å². The fourth-order valence-corrected chi connectivity index (χ4v) is 3.32. The van der Waals surface area contributed by atoms with Gasteiger partial charge in [-0.1, -0.05) is 11.8 Å². The summed E-state index contributed by atoms with van der Waals surface area (Å²) in [6.07, 6.45) is -3.00. The summed E-state index contributed by atoms with van der Waals surface area (Å²) in [5.74, 6) is -1.56. The lowest BCUT2D eigenvalue weighted by Gasteiger charge is -2.33. The number of halogens is 1. The molecule has 10 heteroatoms. The van der Waals surface area contributed by atoms with Crippen molar-refractivity contribution in [2.45, 2.75) is 77.3 Å². The van der Waals surface area contributed by atoms with Crippen LogP contribution in [0.3, 0.4) is 0 Å². The van der Waals surface area contributed by atoms with E-state index < -0.39 is 52.7 Å². The van der Waals surface area contributed by atoms with Gasteiger partial charge in [-0.15, -0.1) is 0 Å². The molecule has 1 saturated carbocycles. The molecule has 0 saturated heterocycles. The van der Waals surface area contributed by atoms with Crippen LogP contribution in [0.4, 0.5) is 14.0 Å². The number of esters is 1. The zero-order valence-corrected chi connectivity index (χ0v) is 18.3. The summed E-state index contributed by atoms with van der Waals surface area (Å²) in [5, 5.41) is -0.372. The lowest BCUT2D eigenvalue weighted by atomic mass is 10.1. The summed E-state index contributed by atoms with van der Waals surface area (Å²) < 4.78 is 30.6. The van der Waals surface area contributed by atoms with E-state index in [9.17, 15) is 19.2 Å². The lowest BCUT2D eigenvalue weighted by Crippen LogP contribution is -2.57. The number of alkyl halides is 1. The van der Waals surface area contributed by atoms with E-state index in [1.54, 1.807) is 41.5 Å². The molecule has 1 aliphatic rings. The highest BCUT2D eigenvalue weighted by Crippen LogP contribution is 2.58. The number of thioether (sulfide) groups is 1. The van der Waals surface area contributed by atoms with Gasteiger partial charge in [-0.05, 0) is 41.5 Å². The summed E-state index contributed by atoms with van der Waals surface area (Å²) in [6.45, 7) is 10.6. The van der Waals surface area contributed by atoms with E-state index in [0.29, 0.717) is 16.7 Å². The normalized spacial score (nSPS) is 24.2. The first-order valence-corrected chi connectivity index (χ1v) is 9.64. The van der Waals surface area contributed by atoms with Crippen LogP contribution >= 0.6 is 11.8 Å². The van der Waals surface area contributed by atoms with Crippen molar-refractivity contribution in [3.63, 3.8) is 0 Å². The zero-order chi connectivity index (χ0) is 22.1. The van der Waals surface area contributed by atoms with Crippen molar-refractivity contribution in [3.05, 3.63) is 0 Å². The number of imide groups is 1. The fourth-order valence-electron chi connectivity index (χ4n) is 2.54. The number of hydrogen-bond acceptors (Lipinski definition) is 8. The van der Waals surface area contributed by atoms with Crippen molar-refractivity contribution in [1.82, 2.24) is 4.90 Å². The van der Waals surface area contributed by atoms with Gasteiger partial charge in [0.25, 0.3) is 0 Å². The van der Waals surface area contributed by atoms with E-state index in [1.807, 2.05) is 0 Å². The number of rotatable bonds is 4. The Morgan fingerprint density at radius 3 is 1.75 bits per heavy atom.